The lowest BCUT2D eigenvalue weighted by Crippen LogP contribution is -2.03. The molecule has 0 fully saturated rings. The van der Waals surface area contributed by atoms with Gasteiger partial charge in [0.1, 0.15) is 17.2 Å². The quantitative estimate of drug-likeness (QED) is 0.573. The van der Waals surface area contributed by atoms with Gasteiger partial charge in [-0.25, -0.2) is 0 Å². The Hall–Kier alpha value is -2.68. The van der Waals surface area contributed by atoms with Crippen molar-refractivity contribution in [2.24, 2.45) is 0 Å². The molecular formula is C22H24O3. The highest BCUT2D eigenvalue weighted by Crippen LogP contribution is 2.41. The Morgan fingerprint density at radius 2 is 1.64 bits per heavy atom. The summed E-state index contributed by atoms with van der Waals surface area (Å²) in [6.45, 7) is 2.10. The van der Waals surface area contributed by atoms with E-state index >= 15 is 0 Å². The van der Waals surface area contributed by atoms with Crippen LogP contribution in [0.4, 0.5) is 0 Å². The van der Waals surface area contributed by atoms with Crippen LogP contribution in [0.2, 0.25) is 0 Å². The normalized spacial score (nSPS) is 17.5. The molecule has 3 rings (SSSR count). The largest absolute Gasteiger partial charge is 0.507 e. The van der Waals surface area contributed by atoms with Gasteiger partial charge in [-0.3, -0.25) is 0 Å². The first-order valence-corrected chi connectivity index (χ1v) is 8.62. The molecule has 0 saturated carbocycles. The highest BCUT2D eigenvalue weighted by molar-refractivity contribution is 5.72. The van der Waals surface area contributed by atoms with Gasteiger partial charge in [0.2, 0.25) is 0 Å². The third-order valence-electron chi connectivity index (χ3n) is 4.69. The van der Waals surface area contributed by atoms with Crippen LogP contribution in [0.5, 0.6) is 17.2 Å². The first-order chi connectivity index (χ1) is 12.1. The van der Waals surface area contributed by atoms with E-state index in [1.165, 1.54) is 5.57 Å². The zero-order chi connectivity index (χ0) is 17.8. The number of methoxy groups -OCH3 is 1. The predicted molar refractivity (Wildman–Crippen MR) is 102 cm³/mol. The van der Waals surface area contributed by atoms with Crippen molar-refractivity contribution in [3.05, 3.63) is 64.7 Å². The van der Waals surface area contributed by atoms with E-state index in [2.05, 4.69) is 13.0 Å². The average Bonchev–Trinajstić information content (AvgIpc) is 2.60. The molecule has 0 amide bonds. The topological polar surface area (TPSA) is 49.7 Å². The first kappa shape index (κ1) is 17.2. The van der Waals surface area contributed by atoms with Crippen LogP contribution in [0, 0.1) is 0 Å². The Kier molecular flexibility index (Phi) is 5.13. The fraction of sp³-hybridized carbons (Fsp3) is 0.273. The molecule has 130 valence electrons. The molecule has 1 aliphatic carbocycles. The van der Waals surface area contributed by atoms with Crippen molar-refractivity contribution in [2.75, 3.05) is 7.11 Å². The molecule has 1 atom stereocenters. The van der Waals surface area contributed by atoms with Crippen LogP contribution < -0.4 is 4.74 Å². The third-order valence-corrected chi connectivity index (χ3v) is 4.69. The average molecular weight is 336 g/mol. The summed E-state index contributed by atoms with van der Waals surface area (Å²) in [4.78, 5) is 0. The minimum Gasteiger partial charge on any atom is -0.507 e. The van der Waals surface area contributed by atoms with Crippen LogP contribution in [0.1, 0.15) is 48.8 Å². The lowest BCUT2D eigenvalue weighted by atomic mass is 9.85. The van der Waals surface area contributed by atoms with Crippen molar-refractivity contribution in [3.63, 3.8) is 0 Å². The van der Waals surface area contributed by atoms with Crippen molar-refractivity contribution < 1.29 is 14.9 Å². The zero-order valence-electron chi connectivity index (χ0n) is 14.7. The molecule has 0 aromatic heterocycles. The van der Waals surface area contributed by atoms with Gasteiger partial charge in [0, 0.05) is 11.5 Å². The number of rotatable bonds is 4. The third kappa shape index (κ3) is 4.05. The Labute approximate surface area is 148 Å². The SMILES string of the molecule is COc1ccc(/C=C/c2cc(O)c(C3C=C(C)CCC3)c(O)c2)cc1. The summed E-state index contributed by atoms with van der Waals surface area (Å²) in [5.74, 6) is 1.22. The van der Waals surface area contributed by atoms with Gasteiger partial charge < -0.3 is 14.9 Å². The molecule has 1 unspecified atom stereocenters. The number of phenolic OH excluding ortho intramolecular Hbond substituents is 2. The fourth-order valence-electron chi connectivity index (χ4n) is 3.37. The van der Waals surface area contributed by atoms with E-state index < -0.39 is 0 Å². The predicted octanol–water partition coefficient (Wildman–Crippen LogP) is 5.49. The molecule has 0 radical (unpaired) electrons. The summed E-state index contributed by atoms with van der Waals surface area (Å²) >= 11 is 0. The summed E-state index contributed by atoms with van der Waals surface area (Å²) < 4.78 is 5.15. The Morgan fingerprint density at radius 1 is 1.00 bits per heavy atom. The van der Waals surface area contributed by atoms with Crippen LogP contribution in [0.15, 0.2) is 48.0 Å². The molecule has 25 heavy (non-hydrogen) atoms. The maximum absolute atomic E-state index is 10.4. The summed E-state index contributed by atoms with van der Waals surface area (Å²) in [6, 6.07) is 11.1. The van der Waals surface area contributed by atoms with Gasteiger partial charge in [-0.15, -0.1) is 0 Å². The van der Waals surface area contributed by atoms with Crippen molar-refractivity contribution in [3.8, 4) is 17.2 Å². The Bertz CT molecular complexity index is 778. The maximum atomic E-state index is 10.4. The molecule has 1 aliphatic rings. The van der Waals surface area contributed by atoms with Crippen molar-refractivity contribution >= 4 is 12.2 Å². The minimum absolute atomic E-state index is 0.0911. The lowest BCUT2D eigenvalue weighted by molar-refractivity contribution is 0.415. The molecule has 0 bridgehead atoms. The second kappa shape index (κ2) is 7.47. The highest BCUT2D eigenvalue weighted by atomic mass is 16.5. The van der Waals surface area contributed by atoms with E-state index in [4.69, 9.17) is 4.74 Å². The number of phenols is 2. The Balaban J connectivity index is 1.84. The molecule has 2 aromatic carbocycles. The standard InChI is InChI=1S/C22H24O3/c1-15-4-3-5-18(12-15)22-20(23)13-17(14-21(22)24)7-6-16-8-10-19(25-2)11-9-16/h6-14,18,23-24H,3-5H2,1-2H3/b7-6+. The van der Waals surface area contributed by atoms with Crippen molar-refractivity contribution in [1.29, 1.82) is 0 Å². The van der Waals surface area contributed by atoms with E-state index in [1.807, 2.05) is 36.4 Å². The zero-order valence-corrected chi connectivity index (χ0v) is 14.7. The second-order valence-electron chi connectivity index (χ2n) is 6.59. The molecule has 0 spiro atoms. The molecule has 2 N–H and O–H groups in total. The van der Waals surface area contributed by atoms with Crippen LogP contribution >= 0.6 is 0 Å². The van der Waals surface area contributed by atoms with Gasteiger partial charge >= 0.3 is 0 Å². The van der Waals surface area contributed by atoms with Crippen LogP contribution in [-0.2, 0) is 0 Å². The minimum atomic E-state index is 0.0911. The van der Waals surface area contributed by atoms with Crippen LogP contribution in [0.25, 0.3) is 12.2 Å². The molecular weight excluding hydrogens is 312 g/mol. The highest BCUT2D eigenvalue weighted by Gasteiger charge is 2.20. The first-order valence-electron chi connectivity index (χ1n) is 8.62. The van der Waals surface area contributed by atoms with E-state index in [-0.39, 0.29) is 17.4 Å². The number of allylic oxidation sites excluding steroid dienone is 2. The van der Waals surface area contributed by atoms with Gasteiger partial charge in [-0.2, -0.15) is 0 Å². The number of hydrogen-bond donors (Lipinski definition) is 2. The van der Waals surface area contributed by atoms with Gasteiger partial charge in [-0.1, -0.05) is 35.9 Å². The van der Waals surface area contributed by atoms with Gasteiger partial charge in [-0.05, 0) is 61.6 Å². The second-order valence-corrected chi connectivity index (χ2v) is 6.59. The van der Waals surface area contributed by atoms with Crippen LogP contribution in [-0.4, -0.2) is 17.3 Å². The number of benzene rings is 2. The number of ether oxygens (including phenoxy) is 1. The molecule has 2 aromatic rings. The maximum Gasteiger partial charge on any atom is 0.123 e. The molecule has 0 aliphatic heterocycles. The van der Waals surface area contributed by atoms with E-state index in [9.17, 15) is 10.2 Å². The number of aromatic hydroxyl groups is 2. The van der Waals surface area contributed by atoms with Gasteiger partial charge in [0.15, 0.2) is 0 Å². The Morgan fingerprint density at radius 3 is 2.24 bits per heavy atom. The smallest absolute Gasteiger partial charge is 0.123 e. The summed E-state index contributed by atoms with van der Waals surface area (Å²) in [7, 11) is 1.64. The molecule has 3 heteroatoms. The monoisotopic (exact) mass is 336 g/mol. The fourth-order valence-corrected chi connectivity index (χ4v) is 3.37. The van der Waals surface area contributed by atoms with E-state index in [1.54, 1.807) is 19.2 Å². The lowest BCUT2D eigenvalue weighted by Gasteiger charge is -2.21. The molecule has 0 saturated heterocycles. The van der Waals surface area contributed by atoms with Gasteiger partial charge in [0.25, 0.3) is 0 Å². The summed E-state index contributed by atoms with van der Waals surface area (Å²) in [5.41, 5.74) is 3.75. The molecule has 3 nitrogen and oxygen atoms in total. The van der Waals surface area contributed by atoms with Gasteiger partial charge in [0.05, 0.1) is 7.11 Å². The van der Waals surface area contributed by atoms with E-state index in [0.29, 0.717) is 5.56 Å². The number of hydrogen-bond acceptors (Lipinski definition) is 3. The van der Waals surface area contributed by atoms with E-state index in [0.717, 1.165) is 36.1 Å². The summed E-state index contributed by atoms with van der Waals surface area (Å²) in [5, 5.41) is 20.9. The van der Waals surface area contributed by atoms with Crippen molar-refractivity contribution in [2.45, 2.75) is 32.1 Å². The summed E-state index contributed by atoms with van der Waals surface area (Å²) in [6.07, 6.45) is 9.13. The van der Waals surface area contributed by atoms with Crippen molar-refractivity contribution in [1.82, 2.24) is 0 Å². The molecule has 0 heterocycles. The van der Waals surface area contributed by atoms with Crippen LogP contribution in [0.3, 0.4) is 0 Å².